The molecule has 4 rings (SSSR count). The summed E-state index contributed by atoms with van der Waals surface area (Å²) in [5, 5.41) is 2.82. The van der Waals surface area contributed by atoms with E-state index < -0.39 is 6.09 Å². The predicted octanol–water partition coefficient (Wildman–Crippen LogP) is 2.92. The van der Waals surface area contributed by atoms with Gasteiger partial charge in [0.25, 0.3) is 0 Å². The summed E-state index contributed by atoms with van der Waals surface area (Å²) in [7, 11) is 4.63. The fourth-order valence-electron chi connectivity index (χ4n) is 3.47. The molecule has 1 aliphatic heterocycles. The second-order valence-electron chi connectivity index (χ2n) is 6.97. The lowest BCUT2D eigenvalue weighted by atomic mass is 10.1. The molecule has 3 aromatic rings. The molecule has 1 atom stereocenters. The molecule has 1 aliphatic rings. The van der Waals surface area contributed by atoms with Crippen LogP contribution in [0.4, 0.5) is 4.79 Å². The Morgan fingerprint density at radius 2 is 1.94 bits per heavy atom. The summed E-state index contributed by atoms with van der Waals surface area (Å²) < 4.78 is 27.1. The Morgan fingerprint density at radius 1 is 1.16 bits per heavy atom. The molecular weight excluding hydrogens is 404 g/mol. The summed E-state index contributed by atoms with van der Waals surface area (Å²) >= 11 is 0. The van der Waals surface area contributed by atoms with E-state index in [2.05, 4.69) is 20.3 Å². The molecule has 31 heavy (non-hydrogen) atoms. The van der Waals surface area contributed by atoms with Crippen LogP contribution in [0.2, 0.25) is 0 Å². The normalized spacial score (nSPS) is 16.0. The Morgan fingerprint density at radius 3 is 2.58 bits per heavy atom. The second kappa shape index (κ2) is 9.09. The molecule has 1 fully saturated rings. The first kappa shape index (κ1) is 20.7. The van der Waals surface area contributed by atoms with Crippen LogP contribution < -0.4 is 24.3 Å². The number of H-pyrrole nitrogens is 1. The van der Waals surface area contributed by atoms with Crippen LogP contribution in [0.3, 0.4) is 0 Å². The lowest BCUT2D eigenvalue weighted by Gasteiger charge is -2.22. The number of aromatic amines is 1. The third-order valence-electron chi connectivity index (χ3n) is 4.99. The SMILES string of the molecule is COc1cc(-c2cnc3[nH]cc(OC(=O)NC4CCCOC4)c3n2)cc(OC)c1OC. The molecule has 0 radical (unpaired) electrons. The topological polar surface area (TPSA) is 117 Å². The van der Waals surface area contributed by atoms with Crippen LogP contribution in [-0.2, 0) is 4.74 Å². The molecular formula is C21H24N4O6. The van der Waals surface area contributed by atoms with E-state index in [0.717, 1.165) is 19.4 Å². The van der Waals surface area contributed by atoms with Gasteiger partial charge in [-0.05, 0) is 25.0 Å². The summed E-state index contributed by atoms with van der Waals surface area (Å²) in [4.78, 5) is 24.3. The zero-order valence-electron chi connectivity index (χ0n) is 17.6. The van der Waals surface area contributed by atoms with E-state index in [1.165, 1.54) is 0 Å². The fraction of sp³-hybridized carbons (Fsp3) is 0.381. The van der Waals surface area contributed by atoms with E-state index in [4.69, 9.17) is 23.7 Å². The monoisotopic (exact) mass is 428 g/mol. The molecule has 0 bridgehead atoms. The fourth-order valence-corrected chi connectivity index (χ4v) is 3.47. The van der Waals surface area contributed by atoms with Crippen LogP contribution in [0.15, 0.2) is 24.5 Å². The minimum Gasteiger partial charge on any atom is -0.493 e. The van der Waals surface area contributed by atoms with Gasteiger partial charge in [-0.3, -0.25) is 0 Å². The van der Waals surface area contributed by atoms with Crippen molar-refractivity contribution in [2.75, 3.05) is 34.5 Å². The van der Waals surface area contributed by atoms with Gasteiger partial charge in [0.2, 0.25) is 5.75 Å². The number of ether oxygens (including phenoxy) is 5. The number of amides is 1. The van der Waals surface area contributed by atoms with Gasteiger partial charge in [0.15, 0.2) is 28.4 Å². The zero-order chi connectivity index (χ0) is 21.8. The van der Waals surface area contributed by atoms with Gasteiger partial charge in [0.05, 0.1) is 45.9 Å². The third-order valence-corrected chi connectivity index (χ3v) is 4.99. The second-order valence-corrected chi connectivity index (χ2v) is 6.97. The van der Waals surface area contributed by atoms with Crippen LogP contribution in [0, 0.1) is 0 Å². The van der Waals surface area contributed by atoms with E-state index in [0.29, 0.717) is 46.3 Å². The van der Waals surface area contributed by atoms with Gasteiger partial charge in [-0.2, -0.15) is 0 Å². The van der Waals surface area contributed by atoms with Crippen molar-refractivity contribution in [3.05, 3.63) is 24.5 Å². The van der Waals surface area contributed by atoms with Crippen molar-refractivity contribution in [1.82, 2.24) is 20.3 Å². The Labute approximate surface area is 178 Å². The Bertz CT molecular complexity index is 1050. The van der Waals surface area contributed by atoms with E-state index >= 15 is 0 Å². The Kier molecular flexibility index (Phi) is 6.08. The molecule has 2 aromatic heterocycles. The van der Waals surface area contributed by atoms with Gasteiger partial charge >= 0.3 is 6.09 Å². The van der Waals surface area contributed by atoms with E-state index in [1.807, 2.05) is 0 Å². The highest BCUT2D eigenvalue weighted by Crippen LogP contribution is 2.41. The number of carbonyl (C=O) groups excluding carboxylic acids is 1. The standard InChI is InChI=1S/C21H24N4O6/c1-27-15-7-12(8-16(28-2)19(15)29-3)14-9-22-20-18(25-14)17(10-23-20)31-21(26)24-13-5-4-6-30-11-13/h7-10,13H,4-6,11H2,1-3H3,(H,22,23)(H,24,26). The van der Waals surface area contributed by atoms with E-state index in [9.17, 15) is 4.79 Å². The van der Waals surface area contributed by atoms with Crippen molar-refractivity contribution in [3.8, 4) is 34.3 Å². The molecule has 1 aromatic carbocycles. The number of carbonyl (C=O) groups is 1. The minimum atomic E-state index is -0.559. The molecule has 1 saturated heterocycles. The van der Waals surface area contributed by atoms with Gasteiger partial charge in [0.1, 0.15) is 0 Å². The van der Waals surface area contributed by atoms with E-state index in [-0.39, 0.29) is 11.8 Å². The largest absolute Gasteiger partial charge is 0.493 e. The van der Waals surface area contributed by atoms with Crippen LogP contribution in [-0.4, -0.2) is 61.6 Å². The molecule has 3 heterocycles. The first-order valence-electron chi connectivity index (χ1n) is 9.83. The van der Waals surface area contributed by atoms with Crippen molar-refractivity contribution < 1.29 is 28.5 Å². The van der Waals surface area contributed by atoms with Crippen LogP contribution >= 0.6 is 0 Å². The first-order valence-corrected chi connectivity index (χ1v) is 9.83. The number of hydrogen-bond donors (Lipinski definition) is 2. The lowest BCUT2D eigenvalue weighted by molar-refractivity contribution is 0.0703. The quantitative estimate of drug-likeness (QED) is 0.616. The maximum absolute atomic E-state index is 12.3. The molecule has 0 saturated carbocycles. The maximum Gasteiger partial charge on any atom is 0.413 e. The highest BCUT2D eigenvalue weighted by molar-refractivity contribution is 5.84. The smallest absolute Gasteiger partial charge is 0.413 e. The first-order chi connectivity index (χ1) is 15.1. The highest BCUT2D eigenvalue weighted by atomic mass is 16.6. The van der Waals surface area contributed by atoms with Crippen molar-refractivity contribution in [2.24, 2.45) is 0 Å². The molecule has 1 unspecified atom stereocenters. The van der Waals surface area contributed by atoms with Gasteiger partial charge in [-0.1, -0.05) is 0 Å². The number of hydrogen-bond acceptors (Lipinski definition) is 8. The molecule has 1 amide bonds. The Balaban J connectivity index is 1.62. The number of nitrogens with one attached hydrogen (secondary N) is 2. The van der Waals surface area contributed by atoms with Crippen LogP contribution in [0.25, 0.3) is 22.4 Å². The zero-order valence-corrected chi connectivity index (χ0v) is 17.6. The third kappa shape index (κ3) is 4.33. The van der Waals surface area contributed by atoms with Crippen molar-refractivity contribution in [2.45, 2.75) is 18.9 Å². The number of nitrogens with zero attached hydrogens (tertiary/aromatic N) is 2. The summed E-state index contributed by atoms with van der Waals surface area (Å²) in [6, 6.07) is 3.49. The predicted molar refractivity (Wildman–Crippen MR) is 112 cm³/mol. The molecule has 0 aliphatic carbocycles. The van der Waals surface area contributed by atoms with E-state index in [1.54, 1.807) is 45.9 Å². The van der Waals surface area contributed by atoms with Gasteiger partial charge in [-0.15, -0.1) is 0 Å². The average molecular weight is 428 g/mol. The van der Waals surface area contributed by atoms with Gasteiger partial charge in [-0.25, -0.2) is 14.8 Å². The maximum atomic E-state index is 12.3. The minimum absolute atomic E-state index is 0.0627. The highest BCUT2D eigenvalue weighted by Gasteiger charge is 2.20. The van der Waals surface area contributed by atoms with Gasteiger partial charge in [0, 0.05) is 18.4 Å². The summed E-state index contributed by atoms with van der Waals surface area (Å²) in [6.07, 6.45) is 4.37. The summed E-state index contributed by atoms with van der Waals surface area (Å²) in [6.45, 7) is 1.20. The van der Waals surface area contributed by atoms with Crippen LogP contribution in [0.1, 0.15) is 12.8 Å². The van der Waals surface area contributed by atoms with Crippen molar-refractivity contribution >= 4 is 17.3 Å². The van der Waals surface area contributed by atoms with Crippen LogP contribution in [0.5, 0.6) is 23.0 Å². The number of benzene rings is 1. The Hall–Kier alpha value is -3.53. The number of methoxy groups -OCH3 is 3. The average Bonchev–Trinajstić information content (AvgIpc) is 3.20. The molecule has 10 nitrogen and oxygen atoms in total. The van der Waals surface area contributed by atoms with Crippen molar-refractivity contribution in [1.29, 1.82) is 0 Å². The molecule has 2 N–H and O–H groups in total. The molecule has 164 valence electrons. The number of aromatic nitrogens is 3. The number of fused-ring (bicyclic) bond motifs is 1. The van der Waals surface area contributed by atoms with Gasteiger partial charge < -0.3 is 34.0 Å². The lowest BCUT2D eigenvalue weighted by Crippen LogP contribution is -2.42. The van der Waals surface area contributed by atoms with Crippen molar-refractivity contribution in [3.63, 3.8) is 0 Å². The summed E-state index contributed by atoms with van der Waals surface area (Å²) in [5.74, 6) is 1.76. The number of rotatable bonds is 6. The molecule has 0 spiro atoms. The summed E-state index contributed by atoms with van der Waals surface area (Å²) in [5.41, 5.74) is 2.19. The molecule has 10 heteroatoms.